The van der Waals surface area contributed by atoms with Gasteiger partial charge in [-0.15, -0.1) is 11.4 Å². The van der Waals surface area contributed by atoms with Crippen LogP contribution in [-0.2, 0) is 27.5 Å². The summed E-state index contributed by atoms with van der Waals surface area (Å²) in [6.45, 7) is 6.66. The number of fused-ring (bicyclic) bond motifs is 7. The number of hydrogen-bond acceptors (Lipinski definition) is 4. The van der Waals surface area contributed by atoms with E-state index in [-0.39, 0.29) is 11.2 Å². The van der Waals surface area contributed by atoms with Crippen molar-refractivity contribution >= 4 is 34.2 Å². The Morgan fingerprint density at radius 1 is 0.839 bits per heavy atom. The number of carbonyl (C=O) groups excluding carboxylic acids is 1. The van der Waals surface area contributed by atoms with Gasteiger partial charge in [0.05, 0.1) is 5.24 Å². The third kappa shape index (κ3) is 1.98. The van der Waals surface area contributed by atoms with Crippen LogP contribution in [-0.4, -0.2) is 10.3 Å². The molecule has 3 aromatic carbocycles. The van der Waals surface area contributed by atoms with Gasteiger partial charge < -0.3 is 4.74 Å². The first-order valence-corrected chi connectivity index (χ1v) is 14.8. The average Bonchev–Trinajstić information content (AvgIpc) is 3.40. The maximum Gasteiger partial charge on any atom is 0.201 e. The van der Waals surface area contributed by atoms with Crippen molar-refractivity contribution in [2.45, 2.75) is 36.2 Å². The first-order chi connectivity index (χ1) is 14.8. The smallest absolute Gasteiger partial charge is 0.201 e. The summed E-state index contributed by atoms with van der Waals surface area (Å²) in [6.07, 6.45) is 0. The van der Waals surface area contributed by atoms with Crippen LogP contribution in [0.2, 0.25) is 0 Å². The summed E-state index contributed by atoms with van der Waals surface area (Å²) in [5, 5.41) is -3.06. The fourth-order valence-electron chi connectivity index (χ4n) is 5.87. The number of Topliss-reactive ketones (excluding diaryl/α,β-unsaturated/α-hetero) is 1. The molecule has 0 amide bonds. The summed E-state index contributed by atoms with van der Waals surface area (Å²) in [7, 11) is 0. The van der Waals surface area contributed by atoms with Gasteiger partial charge in [0.25, 0.3) is 0 Å². The summed E-state index contributed by atoms with van der Waals surface area (Å²) in [6, 6.07) is 28.4. The van der Waals surface area contributed by atoms with E-state index in [0.717, 1.165) is 22.3 Å². The van der Waals surface area contributed by atoms with Crippen molar-refractivity contribution in [3.8, 4) is 0 Å². The zero-order valence-electron chi connectivity index (χ0n) is 17.7. The molecular weight excluding hydrogens is 439 g/mol. The first kappa shape index (κ1) is 19.9. The molecule has 1 unspecified atom stereocenters. The minimum absolute atomic E-state index is 0.0486. The minimum atomic E-state index is -2.28. The Balaban J connectivity index is 1.81. The largest absolute Gasteiger partial charge is 0.338 e. The van der Waals surface area contributed by atoms with Crippen molar-refractivity contribution in [1.82, 2.24) is 0 Å². The second-order valence-corrected chi connectivity index (χ2v) is 17.6. The molecule has 4 atom stereocenters. The van der Waals surface area contributed by atoms with E-state index in [4.69, 9.17) is 16.5 Å². The molecule has 0 radical (unpaired) electrons. The van der Waals surface area contributed by atoms with Crippen molar-refractivity contribution < 1.29 is 9.53 Å². The van der Waals surface area contributed by atoms with Gasteiger partial charge in [-0.2, -0.15) is 0 Å². The Kier molecular flexibility index (Phi) is 3.85. The van der Waals surface area contributed by atoms with Crippen molar-refractivity contribution in [3.63, 3.8) is 0 Å². The second kappa shape index (κ2) is 5.99. The van der Waals surface area contributed by atoms with Gasteiger partial charge >= 0.3 is 0 Å². The summed E-state index contributed by atoms with van der Waals surface area (Å²) in [4.78, 5) is 14.4. The highest BCUT2D eigenvalue weighted by Gasteiger charge is 2.93. The maximum absolute atomic E-state index is 14.4. The summed E-state index contributed by atoms with van der Waals surface area (Å²) in [5.74, 6) is 0.0486. The highest BCUT2D eigenvalue weighted by Crippen LogP contribution is 3.10. The monoisotopic (exact) mass is 462 g/mol. The van der Waals surface area contributed by atoms with Gasteiger partial charge in [0.2, 0.25) is 5.78 Å². The van der Waals surface area contributed by atoms with Crippen molar-refractivity contribution in [3.05, 3.63) is 107 Å². The summed E-state index contributed by atoms with van der Waals surface area (Å²) in [5.41, 5.74) is 2.35. The molecule has 2 nitrogen and oxygen atoms in total. The van der Waals surface area contributed by atoms with Crippen LogP contribution in [0, 0.1) is 5.41 Å². The lowest BCUT2D eigenvalue weighted by Crippen LogP contribution is -2.55. The molecule has 3 aromatic rings. The van der Waals surface area contributed by atoms with Crippen molar-refractivity contribution in [2.75, 3.05) is 0 Å². The molecule has 2 bridgehead atoms. The molecule has 5 heteroatoms. The molecule has 0 saturated carbocycles. The third-order valence-electron chi connectivity index (χ3n) is 7.05. The highest BCUT2D eigenvalue weighted by atomic mass is 33.0. The Bertz CT molecular complexity index is 1280. The van der Waals surface area contributed by atoms with Gasteiger partial charge in [0.1, 0.15) is 4.49 Å². The van der Waals surface area contributed by atoms with Crippen LogP contribution in [0.15, 0.2) is 84.9 Å². The molecular formula is C26H23O2PS2. The van der Waals surface area contributed by atoms with Gasteiger partial charge in [0, 0.05) is 11.1 Å². The molecule has 6 rings (SSSR count). The van der Waals surface area contributed by atoms with E-state index in [1.165, 1.54) is 0 Å². The molecule has 0 spiro atoms. The normalized spacial score (nSPS) is 35.4. The minimum Gasteiger partial charge on any atom is -0.338 e. The Hall–Kier alpha value is -1.71. The van der Waals surface area contributed by atoms with Gasteiger partial charge in [0.15, 0.2) is 10.9 Å². The van der Waals surface area contributed by atoms with E-state index in [0.29, 0.717) is 0 Å². The predicted molar refractivity (Wildman–Crippen MR) is 131 cm³/mol. The average molecular weight is 463 g/mol. The van der Waals surface area contributed by atoms with Crippen LogP contribution in [0.4, 0.5) is 0 Å². The Labute approximate surface area is 192 Å². The molecule has 156 valence electrons. The Morgan fingerprint density at radius 2 is 1.39 bits per heavy atom. The highest BCUT2D eigenvalue weighted by molar-refractivity contribution is 8.86. The molecule has 31 heavy (non-hydrogen) atoms. The zero-order chi connectivity index (χ0) is 21.7. The number of ether oxygens (including phenoxy) is 1. The van der Waals surface area contributed by atoms with Crippen molar-refractivity contribution in [1.29, 1.82) is 0 Å². The number of rotatable bonds is 2. The molecule has 3 heterocycles. The summed E-state index contributed by atoms with van der Waals surface area (Å²) < 4.78 is 6.78. The van der Waals surface area contributed by atoms with Gasteiger partial charge in [-0.25, -0.2) is 0 Å². The van der Waals surface area contributed by atoms with Crippen LogP contribution in [0.3, 0.4) is 0 Å². The predicted octanol–water partition coefficient (Wildman–Crippen LogP) is 6.89. The van der Waals surface area contributed by atoms with E-state index in [9.17, 15) is 4.79 Å². The number of hydrogen-bond donors (Lipinski definition) is 0. The van der Waals surface area contributed by atoms with E-state index >= 15 is 0 Å². The maximum atomic E-state index is 14.4. The summed E-state index contributed by atoms with van der Waals surface area (Å²) >= 11 is 8.53. The lowest BCUT2D eigenvalue weighted by Gasteiger charge is -2.47. The molecule has 0 N–H and O–H groups in total. The van der Waals surface area contributed by atoms with E-state index in [1.54, 1.807) is 0 Å². The van der Waals surface area contributed by atoms with Crippen LogP contribution in [0.1, 0.15) is 47.8 Å². The lowest BCUT2D eigenvalue weighted by molar-refractivity contribution is -0.0862. The quantitative estimate of drug-likeness (QED) is 0.306. The molecule has 3 aliphatic heterocycles. The van der Waals surface area contributed by atoms with Gasteiger partial charge in [-0.3, -0.25) is 4.79 Å². The standard InChI is InChI=1S/C26H23O2PS2/c1-23(2,3)26-24(18-12-6-4-7-13-18)22(27)20-16-10-11-17-21(20)25(28-24,29(26,30)31-26)19-14-8-5-9-15-19/h4-17H,1-3H3/t24-,25-,26+,29?/m0/s1. The third-order valence-corrected chi connectivity index (χ3v) is 17.7. The van der Waals surface area contributed by atoms with E-state index in [1.807, 2.05) is 78.1 Å². The number of ketones is 1. The number of carbonyl (C=O) groups is 1. The molecule has 2 fully saturated rings. The fraction of sp³-hybridized carbons (Fsp3) is 0.269. The Morgan fingerprint density at radius 3 is 2.00 bits per heavy atom. The molecule has 0 aliphatic carbocycles. The second-order valence-electron chi connectivity index (χ2n) is 9.57. The lowest BCUT2D eigenvalue weighted by atomic mass is 9.70. The van der Waals surface area contributed by atoms with E-state index in [2.05, 4.69) is 39.0 Å². The first-order valence-electron chi connectivity index (χ1n) is 10.5. The SMILES string of the molecule is CC(C)(C)[C@]12SP1(=S)[C@]1(c3ccccc3)O[C@@]2(c2ccccc2)C(=O)c2ccccc21. The number of benzene rings is 3. The van der Waals surface area contributed by atoms with Gasteiger partial charge in [-0.05, 0) is 16.5 Å². The van der Waals surface area contributed by atoms with E-state index < -0.39 is 20.7 Å². The van der Waals surface area contributed by atoms with Crippen LogP contribution < -0.4 is 0 Å². The van der Waals surface area contributed by atoms with Crippen LogP contribution in [0.25, 0.3) is 0 Å². The molecule has 0 aromatic heterocycles. The van der Waals surface area contributed by atoms with Crippen molar-refractivity contribution in [2.24, 2.45) is 5.41 Å². The molecule has 3 aliphatic rings. The zero-order valence-corrected chi connectivity index (χ0v) is 20.2. The van der Waals surface area contributed by atoms with Gasteiger partial charge in [-0.1, -0.05) is 118 Å². The fourth-order valence-corrected chi connectivity index (χ4v) is 19.3. The van der Waals surface area contributed by atoms with Crippen LogP contribution in [0.5, 0.6) is 0 Å². The molecule has 2 saturated heterocycles. The topological polar surface area (TPSA) is 26.3 Å². The van der Waals surface area contributed by atoms with Crippen LogP contribution >= 0.6 is 16.6 Å².